The quantitative estimate of drug-likeness (QED) is 0.451. The highest BCUT2D eigenvalue weighted by atomic mass is 16.5. The summed E-state index contributed by atoms with van der Waals surface area (Å²) in [5.41, 5.74) is 0.772. The predicted octanol–water partition coefficient (Wildman–Crippen LogP) is 1.95. The number of azo groups is 1. The molecule has 0 saturated carbocycles. The molecular formula is C12H12N2O2. The summed E-state index contributed by atoms with van der Waals surface area (Å²) in [5, 5.41) is 26.5. The predicted molar refractivity (Wildman–Crippen MR) is 60.2 cm³/mol. The second-order valence-electron chi connectivity index (χ2n) is 3.54. The van der Waals surface area contributed by atoms with E-state index in [1.54, 1.807) is 12.2 Å². The average Bonchev–Trinajstić information content (AvgIpc) is 2.29. The first-order valence-electron chi connectivity index (χ1n) is 4.95. The monoisotopic (exact) mass is 216 g/mol. The summed E-state index contributed by atoms with van der Waals surface area (Å²) >= 11 is 0. The van der Waals surface area contributed by atoms with Gasteiger partial charge in [0.15, 0.2) is 0 Å². The molecule has 4 nitrogen and oxygen atoms in total. The van der Waals surface area contributed by atoms with Gasteiger partial charge in [0.25, 0.3) is 0 Å². The van der Waals surface area contributed by atoms with Crippen molar-refractivity contribution in [3.8, 4) is 0 Å². The minimum Gasteiger partial charge on any atom is -0.359 e. The van der Waals surface area contributed by atoms with Crippen molar-refractivity contribution in [1.29, 1.82) is 0 Å². The average molecular weight is 216 g/mol. The van der Waals surface area contributed by atoms with Gasteiger partial charge in [-0.2, -0.15) is 10.2 Å². The van der Waals surface area contributed by atoms with Crippen molar-refractivity contribution >= 4 is 5.69 Å². The number of nitrogens with zero attached hydrogens (tertiary/aromatic N) is 2. The third kappa shape index (κ3) is 2.85. The van der Waals surface area contributed by atoms with Crippen LogP contribution in [0.3, 0.4) is 0 Å². The molecule has 1 aromatic carbocycles. The Bertz CT molecular complexity index is 420. The van der Waals surface area contributed by atoms with Gasteiger partial charge in [0.05, 0.1) is 5.69 Å². The number of hydrogen-bond acceptors (Lipinski definition) is 4. The highest BCUT2D eigenvalue weighted by Crippen LogP contribution is 2.16. The van der Waals surface area contributed by atoms with Crippen LogP contribution in [0.4, 0.5) is 5.69 Å². The zero-order valence-corrected chi connectivity index (χ0v) is 8.56. The Morgan fingerprint density at radius 1 is 1.00 bits per heavy atom. The van der Waals surface area contributed by atoms with E-state index in [1.165, 1.54) is 12.2 Å². The smallest absolute Gasteiger partial charge is 0.203 e. The van der Waals surface area contributed by atoms with Gasteiger partial charge in [-0.15, -0.1) is 0 Å². The van der Waals surface area contributed by atoms with Crippen LogP contribution < -0.4 is 0 Å². The van der Waals surface area contributed by atoms with Crippen molar-refractivity contribution in [3.63, 3.8) is 0 Å². The highest BCUT2D eigenvalue weighted by molar-refractivity contribution is 5.35. The topological polar surface area (TPSA) is 65.2 Å². The minimum atomic E-state index is -1.85. The van der Waals surface area contributed by atoms with E-state index in [9.17, 15) is 10.2 Å². The molecule has 1 aliphatic rings. The molecule has 0 atom stereocenters. The van der Waals surface area contributed by atoms with Crippen molar-refractivity contribution in [3.05, 3.63) is 54.6 Å². The Morgan fingerprint density at radius 2 is 1.62 bits per heavy atom. The van der Waals surface area contributed by atoms with Crippen LogP contribution in [0.15, 0.2) is 64.9 Å². The lowest BCUT2D eigenvalue weighted by molar-refractivity contribution is -0.0754. The Morgan fingerprint density at radius 3 is 2.25 bits per heavy atom. The highest BCUT2D eigenvalue weighted by Gasteiger charge is 2.18. The zero-order valence-electron chi connectivity index (χ0n) is 8.56. The number of hydrogen-bond donors (Lipinski definition) is 2. The zero-order chi connectivity index (χ0) is 11.4. The van der Waals surface area contributed by atoms with Gasteiger partial charge in [-0.3, -0.25) is 0 Å². The van der Waals surface area contributed by atoms with Gasteiger partial charge in [0, 0.05) is 0 Å². The van der Waals surface area contributed by atoms with Crippen LogP contribution in [0, 0.1) is 0 Å². The number of rotatable bonds is 2. The summed E-state index contributed by atoms with van der Waals surface area (Å²) < 4.78 is 0. The number of benzene rings is 1. The van der Waals surface area contributed by atoms with Gasteiger partial charge in [0.2, 0.25) is 5.79 Å². The van der Waals surface area contributed by atoms with E-state index in [-0.39, 0.29) is 6.04 Å². The second-order valence-corrected chi connectivity index (χ2v) is 3.54. The van der Waals surface area contributed by atoms with Gasteiger partial charge in [-0.1, -0.05) is 30.4 Å². The SMILES string of the molecule is OC1(O)C=CC(/N=N/c2ccccc2)C=C1. The van der Waals surface area contributed by atoms with Crippen LogP contribution in [0.5, 0.6) is 0 Å². The maximum atomic E-state index is 9.19. The Kier molecular flexibility index (Phi) is 2.94. The molecule has 0 saturated heterocycles. The molecule has 0 aromatic heterocycles. The van der Waals surface area contributed by atoms with E-state index < -0.39 is 5.79 Å². The molecule has 82 valence electrons. The summed E-state index contributed by atoms with van der Waals surface area (Å²) in [6.45, 7) is 0. The maximum Gasteiger partial charge on any atom is 0.203 e. The summed E-state index contributed by atoms with van der Waals surface area (Å²) in [7, 11) is 0. The maximum absolute atomic E-state index is 9.19. The fraction of sp³-hybridized carbons (Fsp3) is 0.167. The molecule has 1 aliphatic carbocycles. The van der Waals surface area contributed by atoms with Gasteiger partial charge < -0.3 is 10.2 Å². The molecule has 16 heavy (non-hydrogen) atoms. The van der Waals surface area contributed by atoms with Gasteiger partial charge in [0.1, 0.15) is 6.04 Å². The van der Waals surface area contributed by atoms with Gasteiger partial charge in [-0.05, 0) is 24.3 Å². The van der Waals surface area contributed by atoms with Crippen molar-refractivity contribution in [2.75, 3.05) is 0 Å². The van der Waals surface area contributed by atoms with E-state index in [1.807, 2.05) is 30.3 Å². The normalized spacial score (nSPS) is 19.4. The molecule has 0 amide bonds. The van der Waals surface area contributed by atoms with Crippen LogP contribution in [0.1, 0.15) is 0 Å². The number of aliphatic hydroxyl groups is 2. The van der Waals surface area contributed by atoms with Crippen molar-refractivity contribution in [1.82, 2.24) is 0 Å². The van der Waals surface area contributed by atoms with E-state index >= 15 is 0 Å². The van der Waals surface area contributed by atoms with Crippen molar-refractivity contribution < 1.29 is 10.2 Å². The van der Waals surface area contributed by atoms with Crippen LogP contribution in [-0.2, 0) is 0 Å². The molecule has 0 aliphatic heterocycles. The molecule has 0 bridgehead atoms. The largest absolute Gasteiger partial charge is 0.359 e. The Labute approximate surface area is 93.3 Å². The lowest BCUT2D eigenvalue weighted by Gasteiger charge is -2.16. The summed E-state index contributed by atoms with van der Waals surface area (Å²) in [6, 6.07) is 9.13. The van der Waals surface area contributed by atoms with Gasteiger partial charge in [-0.25, -0.2) is 0 Å². The minimum absolute atomic E-state index is 0.243. The molecule has 0 spiro atoms. The Balaban J connectivity index is 2.03. The fourth-order valence-electron chi connectivity index (χ4n) is 1.31. The van der Waals surface area contributed by atoms with Crippen LogP contribution in [0.2, 0.25) is 0 Å². The molecule has 4 heteroatoms. The van der Waals surface area contributed by atoms with E-state index in [0.29, 0.717) is 0 Å². The summed E-state index contributed by atoms with van der Waals surface area (Å²) in [5.74, 6) is -1.85. The van der Waals surface area contributed by atoms with Gasteiger partial charge >= 0.3 is 0 Å². The van der Waals surface area contributed by atoms with E-state index in [2.05, 4.69) is 10.2 Å². The molecule has 1 aromatic rings. The first-order chi connectivity index (χ1) is 7.66. The van der Waals surface area contributed by atoms with Crippen molar-refractivity contribution in [2.24, 2.45) is 10.2 Å². The molecular weight excluding hydrogens is 204 g/mol. The molecule has 0 fully saturated rings. The second kappa shape index (κ2) is 4.38. The molecule has 2 N–H and O–H groups in total. The third-order valence-corrected chi connectivity index (χ3v) is 2.14. The fourth-order valence-corrected chi connectivity index (χ4v) is 1.31. The molecule has 0 heterocycles. The molecule has 0 radical (unpaired) electrons. The van der Waals surface area contributed by atoms with Crippen LogP contribution in [-0.4, -0.2) is 22.0 Å². The Hall–Kier alpha value is -1.78. The first-order valence-corrected chi connectivity index (χ1v) is 4.95. The first kappa shape index (κ1) is 10.7. The molecule has 2 rings (SSSR count). The third-order valence-electron chi connectivity index (χ3n) is 2.14. The van der Waals surface area contributed by atoms with Crippen LogP contribution in [0.25, 0.3) is 0 Å². The summed E-state index contributed by atoms with van der Waals surface area (Å²) in [6.07, 6.45) is 5.74. The lowest BCUT2D eigenvalue weighted by Crippen LogP contribution is -2.25. The van der Waals surface area contributed by atoms with E-state index in [0.717, 1.165) is 5.69 Å². The van der Waals surface area contributed by atoms with E-state index in [4.69, 9.17) is 0 Å². The summed E-state index contributed by atoms with van der Waals surface area (Å²) in [4.78, 5) is 0. The molecule has 0 unspecified atom stereocenters. The van der Waals surface area contributed by atoms with Crippen LogP contribution >= 0.6 is 0 Å². The van der Waals surface area contributed by atoms with Crippen molar-refractivity contribution in [2.45, 2.75) is 11.8 Å². The lowest BCUT2D eigenvalue weighted by atomic mass is 10.1. The standard InChI is InChI=1S/C12H12N2O2/c15-12(16)8-6-11(7-9-12)14-13-10-4-2-1-3-5-10/h1-9,11,15-16H/b14-13+.